The van der Waals surface area contributed by atoms with Crippen molar-refractivity contribution in [3.05, 3.63) is 58.9 Å². The number of carbonyl (C=O) groups excluding carboxylic acids is 2. The summed E-state index contributed by atoms with van der Waals surface area (Å²) in [7, 11) is 0. The lowest BCUT2D eigenvalue weighted by molar-refractivity contribution is -0.146. The zero-order valence-corrected chi connectivity index (χ0v) is 18.0. The molecule has 6 nitrogen and oxygen atoms in total. The molecular formula is C22H24BrNO5. The molecule has 1 aromatic carbocycles. The first kappa shape index (κ1) is 21.3. The summed E-state index contributed by atoms with van der Waals surface area (Å²) >= 11 is 3.33. The van der Waals surface area contributed by atoms with E-state index in [1.807, 2.05) is 26.0 Å². The largest absolute Gasteiger partial charge is 0.481 e. The highest BCUT2D eigenvalue weighted by Crippen LogP contribution is 2.31. The standard InChI is InChI=1S/C22H24BrNO5/c1-13(2)21(23)29-19(25)10-5-14-3-6-15(7-4-14)20(26)18-9-8-17-16(22(27)28)11-12-24(17)18/h3-4,6-9,13,16,21H,5,10-12H2,1-2H3,(H,27,28). The maximum Gasteiger partial charge on any atom is 0.312 e. The Hall–Kier alpha value is -2.41. The van der Waals surface area contributed by atoms with Gasteiger partial charge in [-0.05, 0) is 46.5 Å². The van der Waals surface area contributed by atoms with Crippen molar-refractivity contribution < 1.29 is 24.2 Å². The molecule has 0 spiro atoms. The van der Waals surface area contributed by atoms with Crippen molar-refractivity contribution in [2.24, 2.45) is 5.92 Å². The topological polar surface area (TPSA) is 85.6 Å². The van der Waals surface area contributed by atoms with Crippen LogP contribution in [0.3, 0.4) is 0 Å². The molecule has 2 aromatic rings. The Morgan fingerprint density at radius 1 is 1.17 bits per heavy atom. The highest BCUT2D eigenvalue weighted by atomic mass is 79.9. The van der Waals surface area contributed by atoms with Gasteiger partial charge in [-0.2, -0.15) is 0 Å². The number of aromatic nitrogens is 1. The van der Waals surface area contributed by atoms with Gasteiger partial charge in [-0.15, -0.1) is 0 Å². The third-order valence-electron chi connectivity index (χ3n) is 5.15. The zero-order chi connectivity index (χ0) is 21.1. The Morgan fingerprint density at radius 2 is 1.86 bits per heavy atom. The summed E-state index contributed by atoms with van der Waals surface area (Å²) in [6.45, 7) is 4.46. The van der Waals surface area contributed by atoms with E-state index in [2.05, 4.69) is 15.9 Å². The van der Waals surface area contributed by atoms with Gasteiger partial charge in [-0.3, -0.25) is 14.4 Å². The van der Waals surface area contributed by atoms with Crippen molar-refractivity contribution in [2.75, 3.05) is 0 Å². The number of hydrogen-bond donors (Lipinski definition) is 1. The van der Waals surface area contributed by atoms with E-state index in [0.717, 1.165) is 5.56 Å². The van der Waals surface area contributed by atoms with Crippen molar-refractivity contribution in [1.82, 2.24) is 4.57 Å². The van der Waals surface area contributed by atoms with E-state index in [-0.39, 0.29) is 29.1 Å². The maximum atomic E-state index is 12.9. The van der Waals surface area contributed by atoms with Crippen LogP contribution < -0.4 is 0 Å². The predicted molar refractivity (Wildman–Crippen MR) is 111 cm³/mol. The third-order valence-corrected chi connectivity index (χ3v) is 6.39. The fraction of sp³-hybridized carbons (Fsp3) is 0.409. The van der Waals surface area contributed by atoms with Gasteiger partial charge in [0.1, 0.15) is 0 Å². The molecule has 1 N–H and O–H groups in total. The average Bonchev–Trinajstić information content (AvgIpc) is 3.28. The number of alkyl halides is 1. The molecule has 1 aliphatic heterocycles. The van der Waals surface area contributed by atoms with Gasteiger partial charge in [0.25, 0.3) is 0 Å². The van der Waals surface area contributed by atoms with Gasteiger partial charge in [0.2, 0.25) is 5.78 Å². The smallest absolute Gasteiger partial charge is 0.312 e. The van der Waals surface area contributed by atoms with Gasteiger partial charge >= 0.3 is 11.9 Å². The van der Waals surface area contributed by atoms with Crippen molar-refractivity contribution >= 4 is 33.7 Å². The first-order valence-electron chi connectivity index (χ1n) is 9.67. The molecule has 0 radical (unpaired) electrons. The normalized spacial score (nSPS) is 16.5. The molecule has 29 heavy (non-hydrogen) atoms. The number of carboxylic acids is 1. The molecule has 1 aromatic heterocycles. The van der Waals surface area contributed by atoms with Crippen molar-refractivity contribution in [2.45, 2.75) is 50.6 Å². The molecule has 7 heteroatoms. The minimum atomic E-state index is -0.858. The molecule has 0 amide bonds. The minimum Gasteiger partial charge on any atom is -0.481 e. The van der Waals surface area contributed by atoms with Crippen LogP contribution in [0, 0.1) is 5.92 Å². The quantitative estimate of drug-likeness (QED) is 0.362. The van der Waals surface area contributed by atoms with Crippen LogP contribution in [0.4, 0.5) is 0 Å². The number of aliphatic carboxylic acids is 1. The second kappa shape index (κ2) is 8.95. The summed E-state index contributed by atoms with van der Waals surface area (Å²) in [4.78, 5) is 36.1. The summed E-state index contributed by atoms with van der Waals surface area (Å²) in [6.07, 6.45) is 1.31. The second-order valence-corrected chi connectivity index (χ2v) is 8.49. The summed E-state index contributed by atoms with van der Waals surface area (Å²) in [5, 5.41) is 8.99. The molecular weight excluding hydrogens is 438 g/mol. The molecule has 0 saturated carbocycles. The number of benzene rings is 1. The van der Waals surface area contributed by atoms with Crippen molar-refractivity contribution in [3.63, 3.8) is 0 Å². The molecule has 2 heterocycles. The molecule has 0 bridgehead atoms. The van der Waals surface area contributed by atoms with Crippen LogP contribution in [0.25, 0.3) is 0 Å². The number of carboxylic acid groups (broad SMARTS) is 1. The molecule has 0 aliphatic carbocycles. The number of hydrogen-bond acceptors (Lipinski definition) is 4. The monoisotopic (exact) mass is 461 g/mol. The molecule has 3 rings (SSSR count). The van der Waals surface area contributed by atoms with Gasteiger partial charge in [-0.25, -0.2) is 0 Å². The van der Waals surface area contributed by atoms with Crippen molar-refractivity contribution in [1.29, 1.82) is 0 Å². The number of rotatable bonds is 8. The zero-order valence-electron chi connectivity index (χ0n) is 16.4. The Morgan fingerprint density at radius 3 is 2.48 bits per heavy atom. The number of aryl methyl sites for hydroxylation is 1. The van der Waals surface area contributed by atoms with Crippen LogP contribution in [0.5, 0.6) is 0 Å². The SMILES string of the molecule is CC(C)C(Br)OC(=O)CCc1ccc(C(=O)c2ccc3n2CCC3C(=O)O)cc1. The van der Waals surface area contributed by atoms with E-state index >= 15 is 0 Å². The summed E-state index contributed by atoms with van der Waals surface area (Å²) in [5.74, 6) is -1.60. The summed E-state index contributed by atoms with van der Waals surface area (Å²) in [6, 6.07) is 10.6. The average molecular weight is 462 g/mol. The van der Waals surface area contributed by atoms with Crippen LogP contribution in [-0.2, 0) is 27.3 Å². The van der Waals surface area contributed by atoms with Crippen molar-refractivity contribution in [3.8, 4) is 0 Å². The lowest BCUT2D eigenvalue weighted by atomic mass is 10.0. The number of ether oxygens (including phenoxy) is 1. The molecule has 1 aliphatic rings. The van der Waals surface area contributed by atoms with Gasteiger partial charge < -0.3 is 14.4 Å². The van der Waals surface area contributed by atoms with E-state index in [0.29, 0.717) is 36.3 Å². The van der Waals surface area contributed by atoms with Crippen LogP contribution in [0.15, 0.2) is 36.4 Å². The Balaban J connectivity index is 1.62. The van der Waals surface area contributed by atoms with Crippen LogP contribution in [0.1, 0.15) is 59.9 Å². The van der Waals surface area contributed by atoms with Crippen LogP contribution in [0.2, 0.25) is 0 Å². The number of esters is 1. The molecule has 2 atom stereocenters. The van der Waals surface area contributed by atoms with Gasteiger partial charge in [0.15, 0.2) is 5.01 Å². The summed E-state index contributed by atoms with van der Waals surface area (Å²) < 4.78 is 7.09. The van der Waals surface area contributed by atoms with Gasteiger partial charge in [-0.1, -0.05) is 38.1 Å². The number of halogens is 1. The Bertz CT molecular complexity index is 916. The predicted octanol–water partition coefficient (Wildman–Crippen LogP) is 4.14. The van der Waals surface area contributed by atoms with Crippen LogP contribution >= 0.6 is 15.9 Å². The van der Waals surface area contributed by atoms with Gasteiger partial charge in [0.05, 0.1) is 11.6 Å². The van der Waals surface area contributed by atoms with E-state index in [1.54, 1.807) is 28.8 Å². The first-order chi connectivity index (χ1) is 13.8. The highest BCUT2D eigenvalue weighted by molar-refractivity contribution is 9.09. The minimum absolute atomic E-state index is 0.132. The fourth-order valence-electron chi connectivity index (χ4n) is 3.43. The molecule has 0 saturated heterocycles. The second-order valence-electron chi connectivity index (χ2n) is 7.59. The van der Waals surface area contributed by atoms with E-state index < -0.39 is 11.9 Å². The van der Waals surface area contributed by atoms with Crippen LogP contribution in [-0.4, -0.2) is 32.4 Å². The molecule has 154 valence electrons. The lowest BCUT2D eigenvalue weighted by Gasteiger charge is -2.14. The molecule has 0 fully saturated rings. The Kier molecular flexibility index (Phi) is 6.57. The third kappa shape index (κ3) is 4.78. The Labute approximate surface area is 178 Å². The fourth-order valence-corrected chi connectivity index (χ4v) is 3.64. The number of carbonyl (C=O) groups is 3. The van der Waals surface area contributed by atoms with E-state index in [9.17, 15) is 19.5 Å². The van der Waals surface area contributed by atoms with E-state index in [4.69, 9.17) is 4.74 Å². The maximum absolute atomic E-state index is 12.9. The highest BCUT2D eigenvalue weighted by Gasteiger charge is 2.31. The first-order valence-corrected chi connectivity index (χ1v) is 10.6. The molecule has 2 unspecified atom stereocenters. The number of nitrogens with zero attached hydrogens (tertiary/aromatic N) is 1. The van der Waals surface area contributed by atoms with Gasteiger partial charge in [0, 0.05) is 30.1 Å². The summed E-state index contributed by atoms with van der Waals surface area (Å²) in [5.41, 5.74) is 2.68. The lowest BCUT2D eigenvalue weighted by Crippen LogP contribution is -2.17. The number of ketones is 1. The number of fused-ring (bicyclic) bond motifs is 1. The van der Waals surface area contributed by atoms with E-state index in [1.165, 1.54) is 0 Å².